The van der Waals surface area contributed by atoms with Gasteiger partial charge in [0.05, 0.1) is 17.4 Å². The molecule has 2 bridgehead atoms. The van der Waals surface area contributed by atoms with Crippen LogP contribution >= 0.6 is 24.8 Å². The molecular weight excluding hydrogens is 475 g/mol. The maximum atomic E-state index is 11.7. The molecule has 1 saturated carbocycles. The van der Waals surface area contributed by atoms with Gasteiger partial charge in [-0.3, -0.25) is 14.9 Å². The number of nitrogens with one attached hydrogen (secondary N) is 1. The van der Waals surface area contributed by atoms with Gasteiger partial charge in [0.25, 0.3) is 0 Å². The van der Waals surface area contributed by atoms with Crippen molar-refractivity contribution in [2.75, 3.05) is 20.7 Å². The number of piperidine rings is 1. The van der Waals surface area contributed by atoms with E-state index in [2.05, 4.69) is 17.3 Å². The molecule has 1 aromatic carbocycles. The van der Waals surface area contributed by atoms with Gasteiger partial charge in [-0.05, 0) is 50.9 Å². The Morgan fingerprint density at radius 2 is 2.03 bits per heavy atom. The van der Waals surface area contributed by atoms with E-state index in [0.717, 1.165) is 30.5 Å². The van der Waals surface area contributed by atoms with Crippen molar-refractivity contribution < 1.29 is 34.4 Å². The van der Waals surface area contributed by atoms with Gasteiger partial charge in [-0.15, -0.1) is 24.8 Å². The van der Waals surface area contributed by atoms with Gasteiger partial charge in [0.15, 0.2) is 11.5 Å². The Kier molecular flexibility index (Phi) is 6.87. The molecule has 5 rings (SSSR count). The fraction of sp³-hybridized carbons (Fsp3) is 0.636. The van der Waals surface area contributed by atoms with Crippen molar-refractivity contribution in [2.45, 2.75) is 67.3 Å². The van der Waals surface area contributed by atoms with E-state index in [9.17, 15) is 24.9 Å². The predicted molar refractivity (Wildman–Crippen MR) is 123 cm³/mol. The van der Waals surface area contributed by atoms with Gasteiger partial charge in [-0.25, -0.2) is 0 Å². The molecule has 2 aliphatic carbocycles. The number of carboxylic acids is 2. The molecule has 0 unspecified atom stereocenters. The van der Waals surface area contributed by atoms with E-state index >= 15 is 0 Å². The summed E-state index contributed by atoms with van der Waals surface area (Å²) >= 11 is 0. The summed E-state index contributed by atoms with van der Waals surface area (Å²) in [7, 11) is 3.84. The number of methoxy groups -OCH3 is 1. The molecular formula is C22H30Cl2N2O7. The number of carboxylic acid groups (broad SMARTS) is 2. The normalized spacial score (nSPS) is 34.2. The maximum absolute atomic E-state index is 11.7. The molecule has 0 amide bonds. The predicted octanol–water partition coefficient (Wildman–Crippen LogP) is 1.56. The van der Waals surface area contributed by atoms with Crippen molar-refractivity contribution in [2.24, 2.45) is 0 Å². The number of rotatable bonds is 6. The number of aliphatic carboxylic acids is 2. The summed E-state index contributed by atoms with van der Waals surface area (Å²) in [4.78, 5) is 25.3. The largest absolute Gasteiger partial charge is 0.504 e. The molecule has 9 nitrogen and oxygen atoms in total. The highest BCUT2D eigenvalue weighted by atomic mass is 35.5. The molecule has 2 fully saturated rings. The third kappa shape index (κ3) is 3.31. The first kappa shape index (κ1) is 25.8. The number of halogens is 2. The number of aromatic hydroxyl groups is 1. The van der Waals surface area contributed by atoms with Crippen molar-refractivity contribution in [1.82, 2.24) is 10.2 Å². The Morgan fingerprint density at radius 1 is 1.30 bits per heavy atom. The third-order valence-electron chi connectivity index (χ3n) is 8.15. The van der Waals surface area contributed by atoms with Crippen LogP contribution in [-0.2, 0) is 26.2 Å². The minimum Gasteiger partial charge on any atom is -0.504 e. The molecule has 6 atom stereocenters. The van der Waals surface area contributed by atoms with Gasteiger partial charge in [-0.2, -0.15) is 0 Å². The lowest BCUT2D eigenvalue weighted by atomic mass is 9.48. The molecule has 184 valence electrons. The van der Waals surface area contributed by atoms with Crippen molar-refractivity contribution in [3.8, 4) is 11.5 Å². The molecule has 11 heteroatoms. The van der Waals surface area contributed by atoms with Crippen molar-refractivity contribution in [3.05, 3.63) is 23.3 Å². The summed E-state index contributed by atoms with van der Waals surface area (Å²) in [6, 6.07) is 2.14. The molecule has 0 aromatic heterocycles. The van der Waals surface area contributed by atoms with Gasteiger partial charge in [0.2, 0.25) is 0 Å². The van der Waals surface area contributed by atoms with E-state index in [0.29, 0.717) is 18.6 Å². The van der Waals surface area contributed by atoms with Crippen LogP contribution in [0.4, 0.5) is 0 Å². The zero-order valence-electron chi connectivity index (χ0n) is 18.4. The van der Waals surface area contributed by atoms with Gasteiger partial charge in [0.1, 0.15) is 12.1 Å². The maximum Gasteiger partial charge on any atom is 0.321 e. The molecule has 1 saturated heterocycles. The summed E-state index contributed by atoms with van der Waals surface area (Å²) < 4.78 is 12.8. The van der Waals surface area contributed by atoms with Crippen LogP contribution in [-0.4, -0.2) is 82.7 Å². The highest BCUT2D eigenvalue weighted by molar-refractivity contribution is 5.85. The summed E-state index contributed by atoms with van der Waals surface area (Å²) in [5.74, 6) is -1.84. The van der Waals surface area contributed by atoms with Crippen LogP contribution in [0.2, 0.25) is 0 Å². The fourth-order valence-corrected chi connectivity index (χ4v) is 6.96. The number of likely N-dealkylation sites (N-methyl/N-ethyl adjacent to an activating group) is 1. The number of benzene rings is 1. The van der Waals surface area contributed by atoms with Crippen LogP contribution in [0.25, 0.3) is 0 Å². The minimum atomic E-state index is -1.22. The second-order valence-electron chi connectivity index (χ2n) is 9.30. The summed E-state index contributed by atoms with van der Waals surface area (Å²) in [6.45, 7) is 0.828. The number of hydrogen-bond acceptors (Lipinski definition) is 7. The molecule has 0 radical (unpaired) electrons. The van der Waals surface area contributed by atoms with Crippen LogP contribution in [0.1, 0.15) is 36.8 Å². The van der Waals surface area contributed by atoms with E-state index in [1.165, 1.54) is 0 Å². The summed E-state index contributed by atoms with van der Waals surface area (Å²) in [5.41, 5.74) is 1.05. The molecule has 1 spiro atoms. The average Bonchev–Trinajstić information content (AvgIpc) is 3.08. The standard InChI is InChI=1S/C22H28N2O7.2ClH/c1-24-8-7-21-17-11-3-4-14(25)18(17)31-19(21)12(23-13(20(28)29)10-16(26)27)5-6-22(21,30-2)15(24)9-11;;/h3-4,12-13,15,19,23,25H,5-10H2,1-2H3,(H,26,27)(H,28,29);2*1H/t12-,13+,15-,19+,21+,22-;;/m1../s1. The second-order valence-corrected chi connectivity index (χ2v) is 9.30. The van der Waals surface area contributed by atoms with Gasteiger partial charge < -0.3 is 29.7 Å². The lowest BCUT2D eigenvalue weighted by Crippen LogP contribution is -2.78. The number of phenols is 1. The van der Waals surface area contributed by atoms with Crippen molar-refractivity contribution in [3.63, 3.8) is 0 Å². The molecule has 2 heterocycles. The smallest absolute Gasteiger partial charge is 0.321 e. The topological polar surface area (TPSA) is 129 Å². The van der Waals surface area contributed by atoms with E-state index in [1.54, 1.807) is 13.2 Å². The van der Waals surface area contributed by atoms with E-state index < -0.39 is 41.5 Å². The lowest BCUT2D eigenvalue weighted by Gasteiger charge is -2.65. The first-order valence-corrected chi connectivity index (χ1v) is 10.7. The highest BCUT2D eigenvalue weighted by Crippen LogP contribution is 2.66. The number of nitrogens with zero attached hydrogens (tertiary/aromatic N) is 1. The second kappa shape index (κ2) is 8.78. The van der Waals surface area contributed by atoms with E-state index in [-0.39, 0.29) is 42.6 Å². The Morgan fingerprint density at radius 3 is 2.67 bits per heavy atom. The van der Waals surface area contributed by atoms with Crippen LogP contribution in [0, 0.1) is 0 Å². The number of ether oxygens (including phenoxy) is 2. The molecule has 1 aromatic rings. The van der Waals surface area contributed by atoms with Crippen LogP contribution in [0.3, 0.4) is 0 Å². The number of likely N-dealkylation sites (tertiary alicyclic amines) is 1. The van der Waals surface area contributed by atoms with Gasteiger partial charge >= 0.3 is 11.9 Å². The Balaban J connectivity index is 0.00000153. The minimum absolute atomic E-state index is 0. The molecule has 33 heavy (non-hydrogen) atoms. The van der Waals surface area contributed by atoms with Gasteiger partial charge in [-0.1, -0.05) is 6.07 Å². The lowest BCUT2D eigenvalue weighted by molar-refractivity contribution is -0.204. The quantitative estimate of drug-likeness (QED) is 0.455. The number of hydrogen-bond donors (Lipinski definition) is 4. The SMILES string of the molecule is CO[C@@]12CC[C@@H](N[C@@H](CC(=O)O)C(=O)O)[C@@H]3Oc4c(O)ccc5c4[C@@]31CCN(C)[C@@H]2C5.Cl.Cl. The Bertz CT molecular complexity index is 963. The first-order chi connectivity index (χ1) is 14.7. The zero-order valence-corrected chi connectivity index (χ0v) is 20.1. The number of phenolic OH excluding ortho intramolecular Hbond substituents is 1. The molecule has 4 aliphatic rings. The van der Waals surface area contributed by atoms with Gasteiger partial charge in [0, 0.05) is 24.8 Å². The zero-order chi connectivity index (χ0) is 22.1. The van der Waals surface area contributed by atoms with Crippen LogP contribution in [0.5, 0.6) is 11.5 Å². The molecule has 4 N–H and O–H groups in total. The van der Waals surface area contributed by atoms with Crippen molar-refractivity contribution in [1.29, 1.82) is 0 Å². The summed E-state index contributed by atoms with van der Waals surface area (Å²) in [5, 5.41) is 32.5. The monoisotopic (exact) mass is 504 g/mol. The fourth-order valence-electron chi connectivity index (χ4n) is 6.96. The van der Waals surface area contributed by atoms with Crippen LogP contribution in [0.15, 0.2) is 12.1 Å². The summed E-state index contributed by atoms with van der Waals surface area (Å²) in [6.07, 6.45) is 1.82. The average molecular weight is 505 g/mol. The van der Waals surface area contributed by atoms with E-state index in [1.807, 2.05) is 6.07 Å². The Hall–Kier alpha value is -1.78. The number of carbonyl (C=O) groups is 2. The third-order valence-corrected chi connectivity index (χ3v) is 8.15. The molecule has 2 aliphatic heterocycles. The van der Waals surface area contributed by atoms with E-state index in [4.69, 9.17) is 9.47 Å². The van der Waals surface area contributed by atoms with Crippen molar-refractivity contribution >= 4 is 36.8 Å². The Labute approximate surface area is 204 Å². The highest BCUT2D eigenvalue weighted by Gasteiger charge is 2.73. The van der Waals surface area contributed by atoms with Crippen LogP contribution < -0.4 is 10.1 Å². The first-order valence-electron chi connectivity index (χ1n) is 10.7.